The second kappa shape index (κ2) is 18.2. The average Bonchev–Trinajstić information content (AvgIpc) is 3.76. The summed E-state index contributed by atoms with van der Waals surface area (Å²) in [6.45, 7) is 9.49. The normalized spacial score (nSPS) is 25.4. The van der Waals surface area contributed by atoms with Crippen LogP contribution in [0.4, 0.5) is 0 Å². The minimum absolute atomic E-state index is 0.0229. The third-order valence-corrected chi connectivity index (χ3v) is 14.4. The molecule has 6 heterocycles. The highest BCUT2D eigenvalue weighted by Gasteiger charge is 2.60. The minimum Gasteiger partial charge on any atom is -0.504 e. The van der Waals surface area contributed by atoms with Crippen molar-refractivity contribution in [3.05, 3.63) is 81.4 Å². The summed E-state index contributed by atoms with van der Waals surface area (Å²) in [6.07, 6.45) is 2.22. The molecule has 6 aliphatic rings. The van der Waals surface area contributed by atoms with Gasteiger partial charge in [0.05, 0.1) is 30.5 Å². The molecule has 0 aliphatic carbocycles. The maximum atomic E-state index is 14.2. The number of amides is 3. The van der Waals surface area contributed by atoms with E-state index >= 15 is 0 Å². The van der Waals surface area contributed by atoms with Gasteiger partial charge in [0.15, 0.2) is 23.0 Å². The molecule has 3 aromatic rings. The molecule has 9 atom stereocenters. The summed E-state index contributed by atoms with van der Waals surface area (Å²) in [5.74, 6) is -2.29. The van der Waals surface area contributed by atoms with Crippen LogP contribution in [0.25, 0.3) is 6.08 Å². The number of methoxy groups -OCH3 is 1. The Morgan fingerprint density at radius 1 is 0.969 bits per heavy atom. The Bertz CT molecular complexity index is 2450. The van der Waals surface area contributed by atoms with Crippen LogP contribution in [-0.2, 0) is 35.1 Å². The molecule has 17 nitrogen and oxygen atoms in total. The molecule has 0 radical (unpaired) electrons. The van der Waals surface area contributed by atoms with Crippen molar-refractivity contribution in [2.45, 2.75) is 102 Å². The summed E-state index contributed by atoms with van der Waals surface area (Å²) in [7, 11) is 3.40. The second-order valence-electron chi connectivity index (χ2n) is 17.5. The van der Waals surface area contributed by atoms with Crippen LogP contribution in [0.1, 0.15) is 84.0 Å². The van der Waals surface area contributed by atoms with E-state index in [1.807, 2.05) is 55.3 Å². The highest BCUT2D eigenvalue weighted by Crippen LogP contribution is 2.64. The average molecular weight is 914 g/mol. The molecule has 3 amide bonds. The van der Waals surface area contributed by atoms with Crippen LogP contribution in [0.5, 0.6) is 28.7 Å². The van der Waals surface area contributed by atoms with Crippen molar-refractivity contribution in [2.24, 2.45) is 5.92 Å². The van der Waals surface area contributed by atoms with Crippen molar-refractivity contribution in [1.29, 1.82) is 0 Å². The van der Waals surface area contributed by atoms with Gasteiger partial charge in [0.1, 0.15) is 36.7 Å². The smallest absolute Gasteiger partial charge is 0.329 e. The topological polar surface area (TPSA) is 215 Å². The number of benzene rings is 3. The number of likely N-dealkylation sites (N-methyl/N-ethyl adjacent to an activating group) is 1. The van der Waals surface area contributed by atoms with E-state index in [-0.39, 0.29) is 30.7 Å². The van der Waals surface area contributed by atoms with Crippen LogP contribution < -0.4 is 34.9 Å². The number of hydrogen-bond acceptors (Lipinski definition) is 15. The van der Waals surface area contributed by atoms with Gasteiger partial charge in [-0.2, -0.15) is 0 Å². The maximum absolute atomic E-state index is 14.2. The largest absolute Gasteiger partial charge is 0.504 e. The predicted octanol–water partition coefficient (Wildman–Crippen LogP) is 3.50. The van der Waals surface area contributed by atoms with E-state index in [2.05, 4.69) is 20.9 Å². The third-order valence-electron chi connectivity index (χ3n) is 13.0. The summed E-state index contributed by atoms with van der Waals surface area (Å²) in [4.78, 5) is 71.4. The molecule has 5 N–H and O–H groups in total. The molecule has 0 spiro atoms. The van der Waals surface area contributed by atoms with Crippen LogP contribution in [0.3, 0.4) is 0 Å². The van der Waals surface area contributed by atoms with Crippen molar-refractivity contribution >= 4 is 47.5 Å². The number of aromatic hydroxyl groups is 1. The van der Waals surface area contributed by atoms with Gasteiger partial charge in [-0.1, -0.05) is 50.2 Å². The summed E-state index contributed by atoms with van der Waals surface area (Å²) in [5.41, 5.74) is 4.65. The Hall–Kier alpha value is -5.82. The van der Waals surface area contributed by atoms with Crippen LogP contribution in [-0.4, -0.2) is 119 Å². The van der Waals surface area contributed by atoms with Crippen molar-refractivity contribution in [2.75, 3.05) is 33.3 Å². The van der Waals surface area contributed by atoms with Gasteiger partial charge in [0.25, 0.3) is 0 Å². The van der Waals surface area contributed by atoms with E-state index in [0.29, 0.717) is 45.9 Å². The van der Waals surface area contributed by atoms with Gasteiger partial charge in [0, 0.05) is 47.0 Å². The fourth-order valence-corrected chi connectivity index (χ4v) is 11.5. The van der Waals surface area contributed by atoms with Crippen molar-refractivity contribution in [3.8, 4) is 28.7 Å². The number of phenols is 1. The Morgan fingerprint density at radius 3 is 2.38 bits per heavy atom. The number of aliphatic hydroxyl groups is 1. The molecule has 0 aromatic heterocycles. The van der Waals surface area contributed by atoms with Gasteiger partial charge in [-0.15, -0.1) is 11.8 Å². The Labute approximate surface area is 381 Å². The van der Waals surface area contributed by atoms with Gasteiger partial charge in [-0.25, -0.2) is 4.79 Å². The number of ether oxygens (including phenoxy) is 5. The van der Waals surface area contributed by atoms with E-state index in [0.717, 1.165) is 16.7 Å². The number of phenolic OH excluding ortho intramolecular Hbond substituents is 1. The molecule has 0 saturated carbocycles. The van der Waals surface area contributed by atoms with E-state index in [9.17, 15) is 34.2 Å². The van der Waals surface area contributed by atoms with Gasteiger partial charge in [0.2, 0.25) is 24.5 Å². The standard InChI is InChI=1S/C47H55N5O12S/c1-21(2)35(50-44(56)24(5)48-31(54)15-14-26-12-10-9-11-13-26)45(57)49-28-19-65-43-34-33(42-41(62-20-63-42)23(4)40(34)64-25(6)53)30(18-61-47(28)59)52-37(43)36-32-27(17-29(46(52)58)51(36)7)16-22(3)39(60-8)38(32)55/h9-16,21,24,28-30,35-37,43,46,55,58H,17-20H2,1-8H3,(H,48,54)(H,49,57)(H,50,56)/b15-14+/t24?,28?,29-,30-,35?,36+,37?,43+,46-/m0/s1. The number of nitrogens with one attached hydrogen (secondary N) is 3. The number of fused-ring (bicyclic) bond motifs is 10. The molecule has 65 heavy (non-hydrogen) atoms. The maximum Gasteiger partial charge on any atom is 0.329 e. The molecule has 346 valence electrons. The van der Waals surface area contributed by atoms with Crippen LogP contribution in [0.2, 0.25) is 0 Å². The first-order chi connectivity index (χ1) is 31.0. The van der Waals surface area contributed by atoms with Crippen LogP contribution >= 0.6 is 11.8 Å². The fraction of sp³-hybridized carbons (Fsp3) is 0.468. The summed E-state index contributed by atoms with van der Waals surface area (Å²) >= 11 is 1.29. The van der Waals surface area contributed by atoms with Gasteiger partial charge >= 0.3 is 11.9 Å². The lowest BCUT2D eigenvalue weighted by molar-refractivity contribution is -0.184. The molecule has 2 saturated heterocycles. The monoisotopic (exact) mass is 913 g/mol. The zero-order valence-electron chi connectivity index (χ0n) is 37.5. The highest BCUT2D eigenvalue weighted by molar-refractivity contribution is 7.99. The summed E-state index contributed by atoms with van der Waals surface area (Å²) in [6, 6.07) is 5.24. The summed E-state index contributed by atoms with van der Waals surface area (Å²) < 4.78 is 30.0. The third kappa shape index (κ3) is 8.25. The van der Waals surface area contributed by atoms with Gasteiger partial charge < -0.3 is 49.8 Å². The number of aryl methyl sites for hydroxylation is 1. The quantitative estimate of drug-likeness (QED) is 0.112. The zero-order chi connectivity index (χ0) is 46.6. The molecular formula is C47H55N5O12S. The Kier molecular flexibility index (Phi) is 12.8. The number of nitrogens with zero attached hydrogens (tertiary/aromatic N) is 2. The first kappa shape index (κ1) is 45.7. The molecule has 18 heteroatoms. The molecule has 9 rings (SSSR count). The van der Waals surface area contributed by atoms with E-state index in [4.69, 9.17) is 23.7 Å². The zero-order valence-corrected chi connectivity index (χ0v) is 38.3. The number of carbonyl (C=O) groups is 5. The molecule has 2 fully saturated rings. The Morgan fingerprint density at radius 2 is 1.69 bits per heavy atom. The lowest BCUT2D eigenvalue weighted by Gasteiger charge is -2.62. The van der Waals surface area contributed by atoms with Crippen LogP contribution in [0, 0.1) is 19.8 Å². The Balaban J connectivity index is 1.14. The van der Waals surface area contributed by atoms with E-state index < -0.39 is 89.3 Å². The highest BCUT2D eigenvalue weighted by atomic mass is 32.2. The van der Waals surface area contributed by atoms with Crippen molar-refractivity contribution in [1.82, 2.24) is 25.8 Å². The number of piperazine rings is 1. The molecule has 4 unspecified atom stereocenters. The number of carbonyl (C=O) groups excluding carboxylic acids is 5. The number of rotatable bonds is 10. The van der Waals surface area contributed by atoms with Gasteiger partial charge in [-0.3, -0.25) is 29.0 Å². The number of aliphatic hydroxyl groups excluding tert-OH is 1. The van der Waals surface area contributed by atoms with Gasteiger partial charge in [-0.05, 0) is 62.9 Å². The molecule has 3 aromatic carbocycles. The predicted molar refractivity (Wildman–Crippen MR) is 238 cm³/mol. The first-order valence-corrected chi connectivity index (χ1v) is 22.7. The van der Waals surface area contributed by atoms with E-state index in [1.54, 1.807) is 26.8 Å². The minimum atomic E-state index is -1.23. The first-order valence-electron chi connectivity index (χ1n) is 21.7. The SMILES string of the molecule is COc1c(C)cc2c(c1O)[C@@H]1C3[C@@H]4SCC(NC(=O)C(NC(=O)C(C)NC(=O)/C=C/c5ccccc5)C(C)C)C(=O)OC[C@@H](c5c6c(c(C)c(OC(C)=O)c54)OCO6)N3[C@@H](O)[C@H](C2)N1C. The molecule has 4 bridgehead atoms. The van der Waals surface area contributed by atoms with Crippen molar-refractivity contribution < 1.29 is 57.9 Å². The number of hydrogen-bond donors (Lipinski definition) is 5. The lowest BCUT2D eigenvalue weighted by atomic mass is 9.73. The fourth-order valence-electron chi connectivity index (χ4n) is 10.0. The lowest BCUT2D eigenvalue weighted by Crippen LogP contribution is -2.69. The number of thioether (sulfide) groups is 1. The van der Waals surface area contributed by atoms with Crippen molar-refractivity contribution in [3.63, 3.8) is 0 Å². The summed E-state index contributed by atoms with van der Waals surface area (Å²) in [5, 5.41) is 32.1. The second-order valence-corrected chi connectivity index (χ2v) is 18.7. The molecule has 6 aliphatic heterocycles. The van der Waals surface area contributed by atoms with Crippen LogP contribution in [0.15, 0.2) is 42.5 Å². The molecular weight excluding hydrogens is 859 g/mol. The van der Waals surface area contributed by atoms with E-state index in [1.165, 1.54) is 38.8 Å². The number of esters is 2.